The van der Waals surface area contributed by atoms with Gasteiger partial charge in [0.25, 0.3) is 5.91 Å². The van der Waals surface area contributed by atoms with Crippen molar-refractivity contribution in [3.63, 3.8) is 0 Å². The van der Waals surface area contributed by atoms with E-state index in [1.807, 2.05) is 0 Å². The van der Waals surface area contributed by atoms with E-state index in [0.717, 1.165) is 0 Å². The number of carbonyl (C=O) groups excluding carboxylic acids is 1. The summed E-state index contributed by atoms with van der Waals surface area (Å²) in [4.78, 5) is 11.6. The number of hydrogen-bond donors (Lipinski definition) is 2. The molecule has 1 aromatic heterocycles. The van der Waals surface area contributed by atoms with Gasteiger partial charge in [0.05, 0.1) is 12.6 Å². The van der Waals surface area contributed by atoms with Crippen LogP contribution >= 0.6 is 11.6 Å². The van der Waals surface area contributed by atoms with E-state index in [4.69, 9.17) is 16.3 Å². The SMILES string of the molecule is COCC(CCCl)NC(=O)c1ccn[nH]1. The minimum absolute atomic E-state index is 0.0664. The molecular weight excluding hydrogens is 218 g/mol. The predicted octanol–water partition coefficient (Wildman–Crippen LogP) is 0.783. The summed E-state index contributed by atoms with van der Waals surface area (Å²) in [7, 11) is 1.59. The zero-order valence-corrected chi connectivity index (χ0v) is 9.25. The second-order valence-corrected chi connectivity index (χ2v) is 3.45. The molecule has 1 rings (SSSR count). The van der Waals surface area contributed by atoms with Crippen LogP contribution in [0.2, 0.25) is 0 Å². The van der Waals surface area contributed by atoms with Crippen LogP contribution < -0.4 is 5.32 Å². The van der Waals surface area contributed by atoms with Gasteiger partial charge in [-0.2, -0.15) is 5.10 Å². The Hall–Kier alpha value is -1.07. The number of rotatable bonds is 6. The number of carbonyl (C=O) groups is 1. The Morgan fingerprint density at radius 2 is 2.60 bits per heavy atom. The van der Waals surface area contributed by atoms with Crippen molar-refractivity contribution >= 4 is 17.5 Å². The largest absolute Gasteiger partial charge is 0.383 e. The maximum absolute atomic E-state index is 11.6. The molecule has 0 spiro atoms. The van der Waals surface area contributed by atoms with E-state index in [9.17, 15) is 4.79 Å². The monoisotopic (exact) mass is 231 g/mol. The van der Waals surface area contributed by atoms with Crippen LogP contribution in [0.15, 0.2) is 12.3 Å². The summed E-state index contributed by atoms with van der Waals surface area (Å²) < 4.78 is 4.98. The summed E-state index contributed by atoms with van der Waals surface area (Å²) in [6, 6.07) is 1.54. The van der Waals surface area contributed by atoms with Gasteiger partial charge in [-0.3, -0.25) is 9.89 Å². The molecule has 5 nitrogen and oxygen atoms in total. The lowest BCUT2D eigenvalue weighted by molar-refractivity contribution is 0.0890. The zero-order chi connectivity index (χ0) is 11.1. The summed E-state index contributed by atoms with van der Waals surface area (Å²) in [5.74, 6) is 0.289. The topological polar surface area (TPSA) is 67.0 Å². The average molecular weight is 232 g/mol. The minimum atomic E-state index is -0.195. The van der Waals surface area contributed by atoms with E-state index >= 15 is 0 Å². The number of halogens is 1. The number of aromatic amines is 1. The van der Waals surface area contributed by atoms with Crippen LogP contribution in [-0.2, 0) is 4.74 Å². The fourth-order valence-corrected chi connectivity index (χ4v) is 1.44. The fourth-order valence-electron chi connectivity index (χ4n) is 1.18. The summed E-state index contributed by atoms with van der Waals surface area (Å²) in [5, 5.41) is 9.09. The van der Waals surface area contributed by atoms with E-state index in [1.54, 1.807) is 13.2 Å². The Bertz CT molecular complexity index is 284. The van der Waals surface area contributed by atoms with Crippen molar-refractivity contribution in [3.05, 3.63) is 18.0 Å². The smallest absolute Gasteiger partial charge is 0.269 e. The van der Waals surface area contributed by atoms with E-state index < -0.39 is 0 Å². The van der Waals surface area contributed by atoms with Gasteiger partial charge in [0.2, 0.25) is 0 Å². The Labute approximate surface area is 93.1 Å². The lowest BCUT2D eigenvalue weighted by Crippen LogP contribution is -2.38. The van der Waals surface area contributed by atoms with Crippen molar-refractivity contribution in [2.24, 2.45) is 0 Å². The van der Waals surface area contributed by atoms with Crippen LogP contribution in [0.5, 0.6) is 0 Å². The number of aromatic nitrogens is 2. The van der Waals surface area contributed by atoms with Crippen molar-refractivity contribution in [1.82, 2.24) is 15.5 Å². The van der Waals surface area contributed by atoms with Crippen LogP contribution in [0, 0.1) is 0 Å². The van der Waals surface area contributed by atoms with E-state index in [0.29, 0.717) is 24.6 Å². The van der Waals surface area contributed by atoms with Gasteiger partial charge in [-0.15, -0.1) is 11.6 Å². The highest BCUT2D eigenvalue weighted by Gasteiger charge is 2.13. The molecule has 1 amide bonds. The van der Waals surface area contributed by atoms with Crippen LogP contribution in [0.4, 0.5) is 0 Å². The van der Waals surface area contributed by atoms with Gasteiger partial charge < -0.3 is 10.1 Å². The average Bonchev–Trinajstić information content (AvgIpc) is 2.71. The highest BCUT2D eigenvalue weighted by Crippen LogP contribution is 1.98. The maximum Gasteiger partial charge on any atom is 0.269 e. The van der Waals surface area contributed by atoms with Crippen LogP contribution in [-0.4, -0.2) is 41.7 Å². The van der Waals surface area contributed by atoms with Gasteiger partial charge in [0.1, 0.15) is 5.69 Å². The molecule has 1 unspecified atom stereocenters. The lowest BCUT2D eigenvalue weighted by atomic mass is 10.2. The first-order chi connectivity index (χ1) is 7.27. The number of nitrogens with zero attached hydrogens (tertiary/aromatic N) is 1. The fraction of sp³-hybridized carbons (Fsp3) is 0.556. The molecule has 0 saturated heterocycles. The van der Waals surface area contributed by atoms with E-state index in [2.05, 4.69) is 15.5 Å². The van der Waals surface area contributed by atoms with Crippen LogP contribution in [0.25, 0.3) is 0 Å². The molecule has 6 heteroatoms. The molecule has 0 aliphatic rings. The number of alkyl halides is 1. The Morgan fingerprint density at radius 3 is 3.13 bits per heavy atom. The molecule has 0 aliphatic heterocycles. The first kappa shape index (κ1) is 12.0. The molecule has 2 N–H and O–H groups in total. The van der Waals surface area contributed by atoms with Gasteiger partial charge in [-0.1, -0.05) is 0 Å². The summed E-state index contributed by atoms with van der Waals surface area (Å²) >= 11 is 5.61. The van der Waals surface area contributed by atoms with Crippen molar-refractivity contribution < 1.29 is 9.53 Å². The quantitative estimate of drug-likeness (QED) is 0.712. The number of H-pyrrole nitrogens is 1. The highest BCUT2D eigenvalue weighted by atomic mass is 35.5. The van der Waals surface area contributed by atoms with Crippen molar-refractivity contribution in [3.8, 4) is 0 Å². The molecule has 0 radical (unpaired) electrons. The molecule has 0 aliphatic carbocycles. The van der Waals surface area contributed by atoms with Crippen LogP contribution in [0.1, 0.15) is 16.9 Å². The number of nitrogens with one attached hydrogen (secondary N) is 2. The maximum atomic E-state index is 11.6. The molecule has 1 aromatic rings. The molecule has 15 heavy (non-hydrogen) atoms. The second kappa shape index (κ2) is 6.42. The Kier molecular flexibility index (Phi) is 5.14. The predicted molar refractivity (Wildman–Crippen MR) is 57.1 cm³/mol. The second-order valence-electron chi connectivity index (χ2n) is 3.07. The van der Waals surface area contributed by atoms with Crippen molar-refractivity contribution in [1.29, 1.82) is 0 Å². The van der Waals surface area contributed by atoms with Gasteiger partial charge in [-0.05, 0) is 12.5 Å². The molecular formula is C9H14ClN3O2. The van der Waals surface area contributed by atoms with Gasteiger partial charge in [-0.25, -0.2) is 0 Å². The minimum Gasteiger partial charge on any atom is -0.383 e. The van der Waals surface area contributed by atoms with Crippen LogP contribution in [0.3, 0.4) is 0 Å². The van der Waals surface area contributed by atoms with Crippen molar-refractivity contribution in [2.75, 3.05) is 19.6 Å². The molecule has 0 aromatic carbocycles. The number of hydrogen-bond acceptors (Lipinski definition) is 3. The molecule has 84 valence electrons. The highest BCUT2D eigenvalue weighted by molar-refractivity contribution is 6.17. The van der Waals surface area contributed by atoms with E-state index in [-0.39, 0.29) is 11.9 Å². The third-order valence-electron chi connectivity index (χ3n) is 1.91. The molecule has 0 saturated carbocycles. The Morgan fingerprint density at radius 1 is 1.80 bits per heavy atom. The normalized spacial score (nSPS) is 12.4. The molecule has 1 atom stereocenters. The summed E-state index contributed by atoms with van der Waals surface area (Å²) in [6.45, 7) is 0.451. The van der Waals surface area contributed by atoms with Gasteiger partial charge in [0.15, 0.2) is 0 Å². The standard InChI is InChI=1S/C9H14ClN3O2/c1-15-6-7(2-4-10)12-9(14)8-3-5-11-13-8/h3,5,7H,2,4,6H2,1H3,(H,11,13)(H,12,14). The summed E-state index contributed by atoms with van der Waals surface area (Å²) in [6.07, 6.45) is 2.21. The lowest BCUT2D eigenvalue weighted by Gasteiger charge is -2.15. The number of ether oxygens (including phenoxy) is 1. The third kappa shape index (κ3) is 3.89. The number of amides is 1. The third-order valence-corrected chi connectivity index (χ3v) is 2.12. The first-order valence-corrected chi connectivity index (χ1v) is 5.16. The van der Waals surface area contributed by atoms with Gasteiger partial charge >= 0.3 is 0 Å². The Balaban J connectivity index is 2.47. The molecule has 0 fully saturated rings. The molecule has 0 bridgehead atoms. The number of methoxy groups -OCH3 is 1. The zero-order valence-electron chi connectivity index (χ0n) is 8.50. The van der Waals surface area contributed by atoms with Crippen molar-refractivity contribution in [2.45, 2.75) is 12.5 Å². The first-order valence-electron chi connectivity index (χ1n) is 4.63. The summed E-state index contributed by atoms with van der Waals surface area (Å²) in [5.41, 5.74) is 0.436. The molecule has 1 heterocycles. The van der Waals surface area contributed by atoms with Gasteiger partial charge in [0, 0.05) is 19.2 Å². The van der Waals surface area contributed by atoms with E-state index in [1.165, 1.54) is 6.20 Å².